The number of anilines is 2. The van der Waals surface area contributed by atoms with E-state index in [-0.39, 0.29) is 11.7 Å². The van der Waals surface area contributed by atoms with Gasteiger partial charge in [-0.05, 0) is 18.1 Å². The summed E-state index contributed by atoms with van der Waals surface area (Å²) in [6, 6.07) is 6.39. The molecule has 112 valence electrons. The Morgan fingerprint density at radius 3 is 2.57 bits per heavy atom. The molecule has 0 aliphatic heterocycles. The van der Waals surface area contributed by atoms with Gasteiger partial charge in [0.2, 0.25) is 0 Å². The van der Waals surface area contributed by atoms with Gasteiger partial charge in [-0.15, -0.1) is 0 Å². The average molecular weight is 314 g/mol. The van der Waals surface area contributed by atoms with Crippen molar-refractivity contribution in [2.24, 2.45) is 0 Å². The van der Waals surface area contributed by atoms with Gasteiger partial charge in [-0.1, -0.05) is 37.6 Å². The molecule has 0 unspecified atom stereocenters. The van der Waals surface area contributed by atoms with Crippen LogP contribution < -0.4 is 10.1 Å². The Hall–Kier alpha value is -1.95. The molecule has 1 aromatic heterocycles. The maximum absolute atomic E-state index is 12.4. The summed E-state index contributed by atoms with van der Waals surface area (Å²) in [5.41, 5.74) is 1.10. The van der Waals surface area contributed by atoms with Crippen molar-refractivity contribution in [3.63, 3.8) is 0 Å². The highest BCUT2D eigenvalue weighted by molar-refractivity contribution is 6.30. The number of hydrogen-bond donors (Lipinski definition) is 1. The summed E-state index contributed by atoms with van der Waals surface area (Å²) in [6.07, 6.45) is 1.31. The lowest BCUT2D eigenvalue weighted by molar-refractivity contribution is -0.0493. The van der Waals surface area contributed by atoms with Crippen LogP contribution in [0.2, 0.25) is 5.15 Å². The zero-order valence-electron chi connectivity index (χ0n) is 11.5. The van der Waals surface area contributed by atoms with Crippen LogP contribution in [-0.4, -0.2) is 16.6 Å². The highest BCUT2D eigenvalue weighted by atomic mass is 35.5. The fraction of sp³-hybridized carbons (Fsp3) is 0.286. The zero-order chi connectivity index (χ0) is 15.4. The molecule has 0 spiro atoms. The molecule has 4 nitrogen and oxygen atoms in total. The summed E-state index contributed by atoms with van der Waals surface area (Å²) in [6.45, 7) is 0.987. The number of para-hydroxylation sites is 2. The minimum atomic E-state index is -2.90. The van der Waals surface area contributed by atoms with Gasteiger partial charge in [0.1, 0.15) is 23.0 Å². The monoisotopic (exact) mass is 313 g/mol. The first-order valence-electron chi connectivity index (χ1n) is 6.30. The predicted molar refractivity (Wildman–Crippen MR) is 77.5 cm³/mol. The summed E-state index contributed by atoms with van der Waals surface area (Å²) in [7, 11) is 0. The number of benzene rings is 1. The van der Waals surface area contributed by atoms with Gasteiger partial charge in [0.05, 0.1) is 5.69 Å². The van der Waals surface area contributed by atoms with Crippen LogP contribution in [0.15, 0.2) is 30.6 Å². The molecule has 0 fully saturated rings. The maximum atomic E-state index is 12.4. The number of ether oxygens (including phenoxy) is 1. The molecule has 0 aliphatic rings. The van der Waals surface area contributed by atoms with Crippen molar-refractivity contribution in [1.82, 2.24) is 9.97 Å². The van der Waals surface area contributed by atoms with E-state index < -0.39 is 6.61 Å². The Morgan fingerprint density at radius 2 is 1.90 bits per heavy atom. The van der Waals surface area contributed by atoms with Crippen LogP contribution in [0.25, 0.3) is 0 Å². The van der Waals surface area contributed by atoms with Crippen LogP contribution in [0.3, 0.4) is 0 Å². The first kappa shape index (κ1) is 15.4. The van der Waals surface area contributed by atoms with E-state index in [0.29, 0.717) is 22.2 Å². The molecule has 2 aromatic rings. The fourth-order valence-corrected chi connectivity index (χ4v) is 2.23. The smallest absolute Gasteiger partial charge is 0.387 e. The van der Waals surface area contributed by atoms with Crippen molar-refractivity contribution in [2.75, 3.05) is 5.32 Å². The molecule has 0 amide bonds. The number of alkyl halides is 2. The van der Waals surface area contributed by atoms with E-state index in [2.05, 4.69) is 20.0 Å². The molecule has 7 heteroatoms. The zero-order valence-corrected chi connectivity index (χ0v) is 12.2. The van der Waals surface area contributed by atoms with Crippen LogP contribution >= 0.6 is 11.6 Å². The third kappa shape index (κ3) is 3.78. The molecular weight excluding hydrogens is 300 g/mol. The molecule has 0 radical (unpaired) electrons. The lowest BCUT2D eigenvalue weighted by atomic mass is 10.1. The second-order valence-corrected chi connectivity index (χ2v) is 4.94. The van der Waals surface area contributed by atoms with E-state index >= 15 is 0 Å². The second kappa shape index (κ2) is 6.67. The van der Waals surface area contributed by atoms with Crippen molar-refractivity contribution < 1.29 is 13.5 Å². The Kier molecular flexibility index (Phi) is 4.90. The third-order valence-corrected chi connectivity index (χ3v) is 3.07. The lowest BCUT2D eigenvalue weighted by Crippen LogP contribution is -2.07. The number of halogens is 3. The molecular formula is C14H14ClF2N3O. The van der Waals surface area contributed by atoms with Crippen molar-refractivity contribution >= 4 is 23.1 Å². The van der Waals surface area contributed by atoms with E-state index in [0.717, 1.165) is 0 Å². The first-order valence-corrected chi connectivity index (χ1v) is 6.68. The van der Waals surface area contributed by atoms with Gasteiger partial charge < -0.3 is 10.1 Å². The average Bonchev–Trinajstić information content (AvgIpc) is 2.40. The largest absolute Gasteiger partial charge is 0.433 e. The van der Waals surface area contributed by atoms with Crippen LogP contribution in [0.5, 0.6) is 5.75 Å². The number of aromatic nitrogens is 2. The molecule has 0 atom stereocenters. The van der Waals surface area contributed by atoms with Gasteiger partial charge in [-0.25, -0.2) is 9.97 Å². The minimum Gasteiger partial charge on any atom is -0.433 e. The molecule has 1 N–H and O–H groups in total. The SMILES string of the molecule is CC(C)c1c(Cl)ncnc1Nc1ccccc1OC(F)F. The Balaban J connectivity index is 2.37. The normalized spacial score (nSPS) is 11.0. The Labute approximate surface area is 126 Å². The van der Waals surface area contributed by atoms with E-state index in [9.17, 15) is 8.78 Å². The van der Waals surface area contributed by atoms with E-state index in [1.54, 1.807) is 18.2 Å². The molecule has 0 aliphatic carbocycles. The lowest BCUT2D eigenvalue weighted by Gasteiger charge is -2.16. The van der Waals surface area contributed by atoms with Gasteiger partial charge in [0, 0.05) is 5.56 Å². The van der Waals surface area contributed by atoms with Crippen LogP contribution in [-0.2, 0) is 0 Å². The Bertz CT molecular complexity index is 623. The molecule has 1 heterocycles. The molecule has 0 bridgehead atoms. The molecule has 0 saturated carbocycles. The standard InChI is InChI=1S/C14H14ClF2N3O/c1-8(2)11-12(15)18-7-19-13(11)20-9-5-3-4-6-10(9)21-14(16)17/h3-8,14H,1-2H3,(H,18,19,20). The number of nitrogens with one attached hydrogen (secondary N) is 1. The number of rotatable bonds is 5. The Morgan fingerprint density at radius 1 is 1.19 bits per heavy atom. The summed E-state index contributed by atoms with van der Waals surface area (Å²) in [4.78, 5) is 8.06. The first-order chi connectivity index (χ1) is 9.99. The van der Waals surface area contributed by atoms with Crippen molar-refractivity contribution in [1.29, 1.82) is 0 Å². The highest BCUT2D eigenvalue weighted by Gasteiger charge is 2.16. The van der Waals surface area contributed by atoms with Crippen LogP contribution in [0, 0.1) is 0 Å². The van der Waals surface area contributed by atoms with Gasteiger partial charge in [0.25, 0.3) is 0 Å². The van der Waals surface area contributed by atoms with Gasteiger partial charge >= 0.3 is 6.61 Å². The van der Waals surface area contributed by atoms with Gasteiger partial charge in [-0.2, -0.15) is 8.78 Å². The fourth-order valence-electron chi connectivity index (χ4n) is 1.88. The molecule has 21 heavy (non-hydrogen) atoms. The molecule has 2 rings (SSSR count). The maximum Gasteiger partial charge on any atom is 0.387 e. The van der Waals surface area contributed by atoms with Crippen LogP contribution in [0.4, 0.5) is 20.3 Å². The molecule has 1 aromatic carbocycles. The number of nitrogens with zero attached hydrogens (tertiary/aromatic N) is 2. The van der Waals surface area contributed by atoms with E-state index in [4.69, 9.17) is 11.6 Å². The van der Waals surface area contributed by atoms with Gasteiger partial charge in [0.15, 0.2) is 0 Å². The topological polar surface area (TPSA) is 47.0 Å². The van der Waals surface area contributed by atoms with Gasteiger partial charge in [-0.3, -0.25) is 0 Å². The van der Waals surface area contributed by atoms with Crippen molar-refractivity contribution in [2.45, 2.75) is 26.4 Å². The second-order valence-electron chi connectivity index (χ2n) is 4.58. The quantitative estimate of drug-likeness (QED) is 0.820. The summed E-state index contributed by atoms with van der Waals surface area (Å²) < 4.78 is 29.3. The minimum absolute atomic E-state index is 0.0388. The third-order valence-electron chi connectivity index (χ3n) is 2.77. The van der Waals surface area contributed by atoms with Crippen molar-refractivity contribution in [3.8, 4) is 5.75 Å². The highest BCUT2D eigenvalue weighted by Crippen LogP contribution is 2.33. The predicted octanol–water partition coefficient (Wildman–Crippen LogP) is 4.60. The molecule has 0 saturated heterocycles. The van der Waals surface area contributed by atoms with Crippen molar-refractivity contribution in [3.05, 3.63) is 41.3 Å². The van der Waals surface area contributed by atoms with E-state index in [1.165, 1.54) is 12.4 Å². The number of hydrogen-bond acceptors (Lipinski definition) is 4. The van der Waals surface area contributed by atoms with E-state index in [1.807, 2.05) is 13.8 Å². The summed E-state index contributed by atoms with van der Waals surface area (Å²) in [5, 5.41) is 3.30. The van der Waals surface area contributed by atoms with Crippen LogP contribution in [0.1, 0.15) is 25.3 Å². The summed E-state index contributed by atoms with van der Waals surface area (Å²) >= 11 is 6.07. The summed E-state index contributed by atoms with van der Waals surface area (Å²) in [5.74, 6) is 0.580.